The van der Waals surface area contributed by atoms with Crippen molar-refractivity contribution in [2.45, 2.75) is 44.6 Å². The highest BCUT2D eigenvalue weighted by atomic mass is 32.1. The van der Waals surface area contributed by atoms with E-state index in [4.69, 9.17) is 5.73 Å². The fourth-order valence-corrected chi connectivity index (χ4v) is 3.16. The first-order valence-corrected chi connectivity index (χ1v) is 7.64. The Morgan fingerprint density at radius 1 is 1.32 bits per heavy atom. The van der Waals surface area contributed by atoms with E-state index in [1.54, 1.807) is 0 Å². The number of amides is 1. The first-order valence-electron chi connectivity index (χ1n) is 6.82. The van der Waals surface area contributed by atoms with Gasteiger partial charge in [0.15, 0.2) is 5.13 Å². The number of carbonyl (C=O) groups is 1. The number of anilines is 2. The zero-order valence-corrected chi connectivity index (χ0v) is 12.4. The Morgan fingerprint density at radius 2 is 1.95 bits per heavy atom. The summed E-state index contributed by atoms with van der Waals surface area (Å²) < 4.78 is 0. The van der Waals surface area contributed by atoms with Gasteiger partial charge >= 0.3 is 0 Å². The minimum atomic E-state index is -0.0741. The fourth-order valence-electron chi connectivity index (χ4n) is 2.35. The molecule has 1 amide bonds. The Kier molecular flexibility index (Phi) is 4.63. The van der Waals surface area contributed by atoms with E-state index in [0.29, 0.717) is 16.7 Å². The number of hydrogen-bond acceptors (Lipinski definition) is 5. The van der Waals surface area contributed by atoms with Gasteiger partial charge in [0, 0.05) is 20.1 Å². The maximum Gasteiger partial charge on any atom is 0.265 e. The van der Waals surface area contributed by atoms with Crippen LogP contribution < -0.4 is 16.0 Å². The monoisotopic (exact) mass is 282 g/mol. The van der Waals surface area contributed by atoms with Gasteiger partial charge in [-0.15, -0.1) is 0 Å². The standard InChI is InChI=1S/C13H22N4OS/c1-17(2)13-16-11(14)10(19-13)12(18)15-9-7-5-3-4-6-8-9/h9H,3-8,14H2,1-2H3,(H,15,18). The zero-order valence-electron chi connectivity index (χ0n) is 11.6. The molecule has 2 rings (SSSR count). The zero-order chi connectivity index (χ0) is 13.8. The van der Waals surface area contributed by atoms with Gasteiger partial charge in [0.1, 0.15) is 10.7 Å². The minimum Gasteiger partial charge on any atom is -0.382 e. The summed E-state index contributed by atoms with van der Waals surface area (Å²) in [6.45, 7) is 0. The summed E-state index contributed by atoms with van der Waals surface area (Å²) in [7, 11) is 3.79. The normalized spacial score (nSPS) is 16.9. The lowest BCUT2D eigenvalue weighted by molar-refractivity contribution is 0.0938. The molecule has 1 aliphatic rings. The van der Waals surface area contributed by atoms with Crippen LogP contribution >= 0.6 is 11.3 Å². The van der Waals surface area contributed by atoms with Crippen LogP contribution in [0, 0.1) is 0 Å². The average molecular weight is 282 g/mol. The van der Waals surface area contributed by atoms with Crippen LogP contribution in [-0.4, -0.2) is 31.0 Å². The van der Waals surface area contributed by atoms with E-state index in [1.807, 2.05) is 19.0 Å². The van der Waals surface area contributed by atoms with E-state index < -0.39 is 0 Å². The molecule has 1 fully saturated rings. The van der Waals surface area contributed by atoms with Crippen molar-refractivity contribution in [3.8, 4) is 0 Å². The van der Waals surface area contributed by atoms with Gasteiger partial charge in [-0.3, -0.25) is 4.79 Å². The first kappa shape index (κ1) is 14.1. The van der Waals surface area contributed by atoms with Crippen LogP contribution in [0.15, 0.2) is 0 Å². The molecule has 0 aliphatic heterocycles. The third-order valence-corrected chi connectivity index (χ3v) is 4.66. The van der Waals surface area contributed by atoms with Crippen molar-refractivity contribution < 1.29 is 4.79 Å². The Labute approximate surface area is 118 Å². The highest BCUT2D eigenvalue weighted by molar-refractivity contribution is 7.18. The lowest BCUT2D eigenvalue weighted by Gasteiger charge is -2.15. The van der Waals surface area contributed by atoms with Crippen LogP contribution in [0.5, 0.6) is 0 Å². The largest absolute Gasteiger partial charge is 0.382 e. The molecule has 0 radical (unpaired) electrons. The summed E-state index contributed by atoms with van der Waals surface area (Å²) in [5.41, 5.74) is 5.83. The third-order valence-electron chi connectivity index (χ3n) is 3.42. The number of nitrogens with zero attached hydrogens (tertiary/aromatic N) is 2. The predicted octanol–water partition coefficient (Wildman–Crippen LogP) is 2.24. The van der Waals surface area contributed by atoms with Crippen molar-refractivity contribution in [1.29, 1.82) is 0 Å². The lowest BCUT2D eigenvalue weighted by atomic mass is 10.1. The second kappa shape index (κ2) is 6.23. The van der Waals surface area contributed by atoms with E-state index in [9.17, 15) is 4.79 Å². The van der Waals surface area contributed by atoms with Crippen molar-refractivity contribution >= 4 is 28.2 Å². The number of nitrogens with one attached hydrogen (secondary N) is 1. The van der Waals surface area contributed by atoms with Crippen LogP contribution in [0.1, 0.15) is 48.2 Å². The summed E-state index contributed by atoms with van der Waals surface area (Å²) in [4.78, 5) is 18.8. The summed E-state index contributed by atoms with van der Waals surface area (Å²) in [5.74, 6) is 0.259. The van der Waals surface area contributed by atoms with E-state index in [1.165, 1.54) is 37.0 Å². The molecule has 0 aromatic carbocycles. The maximum absolute atomic E-state index is 12.2. The van der Waals surface area contributed by atoms with Crippen LogP contribution in [0.2, 0.25) is 0 Å². The van der Waals surface area contributed by atoms with Gasteiger partial charge in [0.2, 0.25) is 0 Å². The molecular weight excluding hydrogens is 260 g/mol. The van der Waals surface area contributed by atoms with Gasteiger partial charge in [0.25, 0.3) is 5.91 Å². The molecule has 106 valence electrons. The summed E-state index contributed by atoms with van der Waals surface area (Å²) >= 11 is 1.35. The van der Waals surface area contributed by atoms with Crippen molar-refractivity contribution in [1.82, 2.24) is 10.3 Å². The van der Waals surface area contributed by atoms with Crippen LogP contribution in [0.3, 0.4) is 0 Å². The molecule has 0 bridgehead atoms. The molecule has 6 heteroatoms. The third kappa shape index (κ3) is 3.59. The van der Waals surface area contributed by atoms with Crippen LogP contribution in [0.4, 0.5) is 10.9 Å². The Balaban J connectivity index is 2.02. The lowest BCUT2D eigenvalue weighted by Crippen LogP contribution is -2.34. The molecular formula is C13H22N4OS. The molecule has 3 N–H and O–H groups in total. The van der Waals surface area contributed by atoms with Crippen molar-refractivity contribution in [2.24, 2.45) is 0 Å². The molecule has 0 atom stereocenters. The van der Waals surface area contributed by atoms with Crippen LogP contribution in [0.25, 0.3) is 0 Å². The van der Waals surface area contributed by atoms with E-state index in [0.717, 1.165) is 18.0 Å². The van der Waals surface area contributed by atoms with Gasteiger partial charge in [0.05, 0.1) is 0 Å². The number of nitrogens with two attached hydrogens (primary N) is 1. The fraction of sp³-hybridized carbons (Fsp3) is 0.692. The van der Waals surface area contributed by atoms with Crippen molar-refractivity contribution in [2.75, 3.05) is 24.7 Å². The van der Waals surface area contributed by atoms with Crippen LogP contribution in [-0.2, 0) is 0 Å². The van der Waals surface area contributed by atoms with Gasteiger partial charge in [-0.25, -0.2) is 4.98 Å². The van der Waals surface area contributed by atoms with E-state index in [-0.39, 0.29) is 5.91 Å². The number of rotatable bonds is 3. The highest BCUT2D eigenvalue weighted by Gasteiger charge is 2.20. The molecule has 0 unspecified atom stereocenters. The van der Waals surface area contributed by atoms with Gasteiger partial charge in [-0.2, -0.15) is 0 Å². The highest BCUT2D eigenvalue weighted by Crippen LogP contribution is 2.27. The minimum absolute atomic E-state index is 0.0741. The first-order chi connectivity index (χ1) is 9.08. The molecule has 0 spiro atoms. The number of carbonyl (C=O) groups excluding carboxylic acids is 1. The smallest absolute Gasteiger partial charge is 0.265 e. The van der Waals surface area contributed by atoms with Crippen molar-refractivity contribution in [3.63, 3.8) is 0 Å². The second-order valence-electron chi connectivity index (χ2n) is 5.27. The molecule has 1 aromatic rings. The van der Waals surface area contributed by atoms with E-state index in [2.05, 4.69) is 10.3 Å². The van der Waals surface area contributed by atoms with Gasteiger partial charge < -0.3 is 16.0 Å². The second-order valence-corrected chi connectivity index (χ2v) is 6.24. The summed E-state index contributed by atoms with van der Waals surface area (Å²) in [5, 5.41) is 3.87. The molecule has 5 nitrogen and oxygen atoms in total. The Morgan fingerprint density at radius 3 is 2.47 bits per heavy atom. The SMILES string of the molecule is CN(C)c1nc(N)c(C(=O)NC2CCCCCC2)s1. The molecule has 1 aliphatic carbocycles. The molecule has 19 heavy (non-hydrogen) atoms. The van der Waals surface area contributed by atoms with Gasteiger partial charge in [-0.05, 0) is 12.8 Å². The maximum atomic E-state index is 12.2. The average Bonchev–Trinajstić information content (AvgIpc) is 2.58. The van der Waals surface area contributed by atoms with Crippen molar-refractivity contribution in [3.05, 3.63) is 4.88 Å². The molecule has 1 aromatic heterocycles. The van der Waals surface area contributed by atoms with Gasteiger partial charge in [-0.1, -0.05) is 37.0 Å². The Bertz CT molecular complexity index is 436. The molecule has 1 saturated carbocycles. The topological polar surface area (TPSA) is 71.2 Å². The summed E-state index contributed by atoms with van der Waals surface area (Å²) in [6.07, 6.45) is 7.10. The Hall–Kier alpha value is -1.30. The predicted molar refractivity (Wildman–Crippen MR) is 79.8 cm³/mol. The number of thiazole rings is 1. The summed E-state index contributed by atoms with van der Waals surface area (Å²) in [6, 6.07) is 0.291. The van der Waals surface area contributed by atoms with E-state index >= 15 is 0 Å². The molecule has 0 saturated heterocycles. The quantitative estimate of drug-likeness (QED) is 0.834. The number of nitrogen functional groups attached to an aromatic ring is 1. The molecule has 1 heterocycles. The number of aromatic nitrogens is 1. The number of hydrogen-bond donors (Lipinski definition) is 2.